The van der Waals surface area contributed by atoms with Crippen molar-refractivity contribution in [1.29, 1.82) is 0 Å². The van der Waals surface area contributed by atoms with E-state index in [1.807, 2.05) is 37.4 Å². The van der Waals surface area contributed by atoms with Crippen LogP contribution in [0, 0.1) is 16.0 Å². The first-order valence-electron chi connectivity index (χ1n) is 10.7. The topological polar surface area (TPSA) is 117 Å². The zero-order chi connectivity index (χ0) is 23.9. The summed E-state index contributed by atoms with van der Waals surface area (Å²) in [6.07, 6.45) is 2.52. The quantitative estimate of drug-likeness (QED) is 0.331. The molecule has 2 aromatic carbocycles. The van der Waals surface area contributed by atoms with E-state index in [2.05, 4.69) is 18.8 Å². The van der Waals surface area contributed by atoms with Crippen LogP contribution in [0.1, 0.15) is 47.9 Å². The van der Waals surface area contributed by atoms with E-state index >= 15 is 0 Å². The molecule has 1 aliphatic rings. The summed E-state index contributed by atoms with van der Waals surface area (Å²) in [4.78, 5) is 55.5. The number of carbonyl (C=O) groups is 3. The fraction of sp³-hybridized carbons (Fsp3) is 0.292. The first-order chi connectivity index (χ1) is 15.7. The number of H-pyrrole nitrogens is 1. The molecular formula is C24H24N4O5. The van der Waals surface area contributed by atoms with E-state index in [-0.39, 0.29) is 17.2 Å². The molecule has 3 amide bonds. The smallest absolute Gasteiger partial charge is 0.282 e. The minimum absolute atomic E-state index is 0.0579. The van der Waals surface area contributed by atoms with Crippen LogP contribution >= 0.6 is 0 Å². The molecule has 1 unspecified atom stereocenters. The molecule has 1 aliphatic heterocycles. The van der Waals surface area contributed by atoms with Crippen molar-refractivity contribution in [2.75, 3.05) is 11.4 Å². The standard InChI is InChI=1S/C24H24N4O5/c1-14(2)11-15(3)27(17-7-8-19-16(12-17)9-10-25-19)21(29)13-26-23(30)18-5-4-6-20(28(32)33)22(18)24(26)31/h4-10,12,14-15,25H,11,13H2,1-3H3. The maximum absolute atomic E-state index is 13.5. The number of nitro groups is 1. The van der Waals surface area contributed by atoms with E-state index in [9.17, 15) is 24.5 Å². The lowest BCUT2D eigenvalue weighted by Gasteiger charge is -2.32. The van der Waals surface area contributed by atoms with Gasteiger partial charge < -0.3 is 9.88 Å². The Balaban J connectivity index is 1.67. The third-order valence-corrected chi connectivity index (χ3v) is 5.80. The van der Waals surface area contributed by atoms with Crippen molar-refractivity contribution in [1.82, 2.24) is 9.88 Å². The van der Waals surface area contributed by atoms with Crippen molar-refractivity contribution in [2.24, 2.45) is 5.92 Å². The summed E-state index contributed by atoms with van der Waals surface area (Å²) in [6, 6.07) is 11.2. The van der Waals surface area contributed by atoms with Crippen molar-refractivity contribution in [2.45, 2.75) is 33.2 Å². The minimum atomic E-state index is -0.826. The number of aromatic amines is 1. The lowest BCUT2D eigenvalue weighted by molar-refractivity contribution is -0.385. The van der Waals surface area contributed by atoms with Gasteiger partial charge in [-0.05, 0) is 49.6 Å². The van der Waals surface area contributed by atoms with Gasteiger partial charge in [0.1, 0.15) is 12.1 Å². The number of nitrogens with zero attached hydrogens (tertiary/aromatic N) is 3. The van der Waals surface area contributed by atoms with E-state index in [1.54, 1.807) is 4.90 Å². The molecule has 0 saturated heterocycles. The average Bonchev–Trinajstić information content (AvgIpc) is 3.31. The summed E-state index contributed by atoms with van der Waals surface area (Å²) < 4.78 is 0. The van der Waals surface area contributed by atoms with Crippen molar-refractivity contribution in [3.63, 3.8) is 0 Å². The molecule has 9 nitrogen and oxygen atoms in total. The lowest BCUT2D eigenvalue weighted by atomic mass is 10.0. The molecule has 33 heavy (non-hydrogen) atoms. The molecule has 0 fully saturated rings. The van der Waals surface area contributed by atoms with Crippen LogP contribution in [0.5, 0.6) is 0 Å². The van der Waals surface area contributed by atoms with E-state index in [0.29, 0.717) is 18.0 Å². The molecule has 3 aromatic rings. The summed E-state index contributed by atoms with van der Waals surface area (Å²) in [5, 5.41) is 12.3. The van der Waals surface area contributed by atoms with Crippen molar-refractivity contribution in [3.05, 3.63) is 69.9 Å². The van der Waals surface area contributed by atoms with Gasteiger partial charge >= 0.3 is 0 Å². The Kier molecular flexibility index (Phi) is 5.71. The highest BCUT2D eigenvalue weighted by Gasteiger charge is 2.42. The van der Waals surface area contributed by atoms with Gasteiger partial charge in [0, 0.05) is 34.9 Å². The molecule has 0 bridgehead atoms. The molecule has 1 atom stereocenters. The molecule has 0 saturated carbocycles. The summed E-state index contributed by atoms with van der Waals surface area (Å²) in [7, 11) is 0. The fourth-order valence-electron chi connectivity index (χ4n) is 4.45. The molecule has 0 spiro atoms. The highest BCUT2D eigenvalue weighted by atomic mass is 16.6. The number of amides is 3. The Morgan fingerprint density at radius 2 is 1.88 bits per heavy atom. The van der Waals surface area contributed by atoms with Gasteiger partial charge in [-0.2, -0.15) is 0 Å². The van der Waals surface area contributed by atoms with Gasteiger partial charge in [0.2, 0.25) is 5.91 Å². The predicted molar refractivity (Wildman–Crippen MR) is 123 cm³/mol. The van der Waals surface area contributed by atoms with Crippen LogP contribution in [-0.2, 0) is 4.79 Å². The number of anilines is 1. The fourth-order valence-corrected chi connectivity index (χ4v) is 4.45. The molecule has 1 aromatic heterocycles. The monoisotopic (exact) mass is 448 g/mol. The second-order valence-electron chi connectivity index (χ2n) is 8.64. The lowest BCUT2D eigenvalue weighted by Crippen LogP contribution is -2.46. The average molecular weight is 448 g/mol. The Morgan fingerprint density at radius 3 is 2.58 bits per heavy atom. The van der Waals surface area contributed by atoms with Crippen LogP contribution < -0.4 is 4.90 Å². The number of hydrogen-bond acceptors (Lipinski definition) is 5. The number of benzene rings is 2. The van der Waals surface area contributed by atoms with Gasteiger partial charge in [-0.25, -0.2) is 0 Å². The zero-order valence-electron chi connectivity index (χ0n) is 18.6. The van der Waals surface area contributed by atoms with Crippen LogP contribution in [0.25, 0.3) is 10.9 Å². The summed E-state index contributed by atoms with van der Waals surface area (Å²) in [5.74, 6) is -1.65. The SMILES string of the molecule is CC(C)CC(C)N(C(=O)CN1C(=O)c2cccc([N+](=O)[O-])c2C1=O)c1ccc2[nH]ccc2c1. The van der Waals surface area contributed by atoms with E-state index in [1.165, 1.54) is 18.2 Å². The van der Waals surface area contributed by atoms with Crippen molar-refractivity contribution >= 4 is 40.0 Å². The molecule has 0 radical (unpaired) electrons. The number of imide groups is 1. The summed E-state index contributed by atoms with van der Waals surface area (Å²) in [5.41, 5.74) is 0.815. The molecular weight excluding hydrogens is 424 g/mol. The van der Waals surface area contributed by atoms with Crippen molar-refractivity contribution < 1.29 is 19.3 Å². The number of fused-ring (bicyclic) bond motifs is 2. The minimum Gasteiger partial charge on any atom is -0.361 e. The van der Waals surface area contributed by atoms with Gasteiger partial charge in [0.15, 0.2) is 0 Å². The number of nitrogens with one attached hydrogen (secondary N) is 1. The number of carbonyl (C=O) groups excluding carboxylic acids is 3. The Hall–Kier alpha value is -4.01. The molecule has 170 valence electrons. The molecule has 4 rings (SSSR count). The molecule has 0 aliphatic carbocycles. The van der Waals surface area contributed by atoms with Gasteiger partial charge in [0.05, 0.1) is 10.5 Å². The Bertz CT molecular complexity index is 1280. The van der Waals surface area contributed by atoms with Gasteiger partial charge in [-0.1, -0.05) is 19.9 Å². The number of aromatic nitrogens is 1. The molecule has 2 heterocycles. The third-order valence-electron chi connectivity index (χ3n) is 5.80. The second-order valence-corrected chi connectivity index (χ2v) is 8.64. The van der Waals surface area contributed by atoms with Crippen LogP contribution in [0.2, 0.25) is 0 Å². The van der Waals surface area contributed by atoms with Crippen LogP contribution in [-0.4, -0.2) is 45.1 Å². The normalized spacial score (nSPS) is 14.1. The first-order valence-corrected chi connectivity index (χ1v) is 10.7. The summed E-state index contributed by atoms with van der Waals surface area (Å²) >= 11 is 0. The van der Waals surface area contributed by atoms with Crippen LogP contribution in [0.3, 0.4) is 0 Å². The largest absolute Gasteiger partial charge is 0.361 e. The van der Waals surface area contributed by atoms with E-state index < -0.39 is 34.9 Å². The first kappa shape index (κ1) is 22.2. The second kappa shape index (κ2) is 8.50. The summed E-state index contributed by atoms with van der Waals surface area (Å²) in [6.45, 7) is 5.53. The van der Waals surface area contributed by atoms with Gasteiger partial charge in [-0.15, -0.1) is 0 Å². The van der Waals surface area contributed by atoms with Crippen LogP contribution in [0.4, 0.5) is 11.4 Å². The number of hydrogen-bond donors (Lipinski definition) is 1. The third kappa shape index (κ3) is 3.97. The van der Waals surface area contributed by atoms with Gasteiger partial charge in [-0.3, -0.25) is 29.4 Å². The molecule has 9 heteroatoms. The maximum atomic E-state index is 13.5. The number of nitro benzene ring substituents is 1. The van der Waals surface area contributed by atoms with E-state index in [4.69, 9.17) is 0 Å². The van der Waals surface area contributed by atoms with Gasteiger partial charge in [0.25, 0.3) is 17.5 Å². The Labute approximate surface area is 190 Å². The Morgan fingerprint density at radius 1 is 1.12 bits per heavy atom. The zero-order valence-corrected chi connectivity index (χ0v) is 18.6. The highest BCUT2D eigenvalue weighted by Crippen LogP contribution is 2.31. The maximum Gasteiger partial charge on any atom is 0.282 e. The van der Waals surface area contributed by atoms with Crippen LogP contribution in [0.15, 0.2) is 48.7 Å². The van der Waals surface area contributed by atoms with E-state index in [0.717, 1.165) is 15.8 Å². The van der Waals surface area contributed by atoms with Crippen molar-refractivity contribution in [3.8, 4) is 0 Å². The highest BCUT2D eigenvalue weighted by molar-refractivity contribution is 6.24. The predicted octanol–water partition coefficient (Wildman–Crippen LogP) is 4.14. The molecule has 1 N–H and O–H groups in total. The number of rotatable bonds is 7.